The number of fused-ring (bicyclic) bond motifs is 11. The summed E-state index contributed by atoms with van der Waals surface area (Å²) >= 11 is 0. The molecule has 0 unspecified atom stereocenters. The molecule has 0 amide bonds. The number of hydrogen-bond donors (Lipinski definition) is 0. The fourth-order valence-electron chi connectivity index (χ4n) is 7.90. The van der Waals surface area contributed by atoms with E-state index >= 15 is 0 Å². The van der Waals surface area contributed by atoms with Crippen LogP contribution in [0.1, 0.15) is 5.56 Å². The summed E-state index contributed by atoms with van der Waals surface area (Å²) in [6, 6.07) is 45.1. The fourth-order valence-corrected chi connectivity index (χ4v) is 7.90. The van der Waals surface area contributed by atoms with Crippen molar-refractivity contribution in [2.75, 3.05) is 0 Å². The predicted octanol–water partition coefficient (Wildman–Crippen LogP) is 7.00. The Morgan fingerprint density at radius 1 is 0.500 bits per heavy atom. The van der Waals surface area contributed by atoms with Gasteiger partial charge in [-0.2, -0.15) is 0 Å². The molecule has 10 rings (SSSR count). The summed E-state index contributed by atoms with van der Waals surface area (Å²) in [5.41, 5.74) is 15.9. The van der Waals surface area contributed by atoms with Crippen LogP contribution in [-0.2, 0) is 0 Å². The quantitative estimate of drug-likeness (QED) is 0.212. The van der Waals surface area contributed by atoms with E-state index in [2.05, 4.69) is 137 Å². The third-order valence-corrected chi connectivity index (χ3v) is 9.41. The minimum absolute atomic E-state index is 0.161. The summed E-state index contributed by atoms with van der Waals surface area (Å²) in [6.07, 6.45) is 0. The van der Waals surface area contributed by atoms with Crippen LogP contribution in [0.2, 0.25) is 0 Å². The molecule has 2 nitrogen and oxygen atoms in total. The van der Waals surface area contributed by atoms with Gasteiger partial charge in [-0.1, -0.05) is 97.1 Å². The van der Waals surface area contributed by atoms with Crippen LogP contribution in [0.4, 0.5) is 0 Å². The van der Waals surface area contributed by atoms with E-state index in [4.69, 9.17) is 0 Å². The minimum Gasteiger partial charge on any atom is -0.310 e. The van der Waals surface area contributed by atoms with Crippen molar-refractivity contribution < 1.29 is 0 Å². The highest BCUT2D eigenvalue weighted by atomic mass is 15.0. The number of rotatable bonds is 1. The summed E-state index contributed by atoms with van der Waals surface area (Å²) in [6.45, 7) is 2.45. The molecule has 4 heterocycles. The maximum absolute atomic E-state index is 2.55. The molecule has 2 aliphatic heterocycles. The van der Waals surface area contributed by atoms with Crippen molar-refractivity contribution in [3.05, 3.63) is 127 Å². The Bertz CT molecular complexity index is 2390. The Morgan fingerprint density at radius 3 is 2.05 bits per heavy atom. The van der Waals surface area contributed by atoms with Gasteiger partial charge < -0.3 is 9.13 Å². The van der Waals surface area contributed by atoms with Gasteiger partial charge in [0.1, 0.15) is 0 Å². The molecule has 3 heteroatoms. The van der Waals surface area contributed by atoms with Gasteiger partial charge in [0, 0.05) is 38.4 Å². The number of para-hydroxylation sites is 3. The van der Waals surface area contributed by atoms with Crippen molar-refractivity contribution in [2.24, 2.45) is 0 Å². The molecule has 0 spiro atoms. The zero-order valence-corrected chi connectivity index (χ0v) is 22.0. The number of aryl methyl sites for hydroxylation is 1. The van der Waals surface area contributed by atoms with Crippen LogP contribution in [0.5, 0.6) is 0 Å². The van der Waals surface area contributed by atoms with Crippen LogP contribution in [0.3, 0.4) is 0 Å². The fraction of sp³-hybridized carbons (Fsp3) is 0.0270. The number of hydrogen-bond acceptors (Lipinski definition) is 0. The molecule has 40 heavy (non-hydrogen) atoms. The Kier molecular flexibility index (Phi) is 3.73. The van der Waals surface area contributed by atoms with E-state index in [0.29, 0.717) is 0 Å². The van der Waals surface area contributed by atoms with Crippen LogP contribution < -0.4 is 16.4 Å². The Morgan fingerprint density at radius 2 is 1.20 bits per heavy atom. The molecule has 0 N–H and O–H groups in total. The van der Waals surface area contributed by atoms with Crippen LogP contribution in [0.15, 0.2) is 121 Å². The second-order valence-corrected chi connectivity index (χ2v) is 11.4. The lowest BCUT2D eigenvalue weighted by Crippen LogP contribution is -2.59. The Hall–Kier alpha value is -5.02. The lowest BCUT2D eigenvalue weighted by molar-refractivity contribution is 1.15. The van der Waals surface area contributed by atoms with Crippen LogP contribution in [0, 0.1) is 6.92 Å². The van der Waals surface area contributed by atoms with Gasteiger partial charge in [-0.05, 0) is 64.3 Å². The van der Waals surface area contributed by atoms with Crippen molar-refractivity contribution in [3.8, 4) is 22.5 Å². The number of aromatic nitrogens is 2. The third kappa shape index (κ3) is 2.34. The monoisotopic (exact) mass is 506 g/mol. The van der Waals surface area contributed by atoms with Gasteiger partial charge in [-0.25, -0.2) is 0 Å². The van der Waals surface area contributed by atoms with Crippen molar-refractivity contribution in [3.63, 3.8) is 0 Å². The molecule has 0 bridgehead atoms. The van der Waals surface area contributed by atoms with Gasteiger partial charge in [0.15, 0.2) is 0 Å². The molecule has 0 aliphatic carbocycles. The van der Waals surface area contributed by atoms with Crippen molar-refractivity contribution in [1.82, 2.24) is 9.13 Å². The van der Waals surface area contributed by atoms with E-state index in [1.807, 2.05) is 0 Å². The SMILES string of the molecule is Cc1cc2c3c4c1c1ccccc1n4-c1ccc(-c4ccccc4)cc1B3c1cccc3c4ccccc4n-2c13. The molecular formula is C37H23BN2. The van der Waals surface area contributed by atoms with E-state index in [1.165, 1.54) is 88.1 Å². The molecule has 0 atom stereocenters. The van der Waals surface area contributed by atoms with Gasteiger partial charge in [0.05, 0.1) is 16.6 Å². The second kappa shape index (κ2) is 7.14. The molecule has 2 aromatic heterocycles. The molecule has 0 saturated heterocycles. The van der Waals surface area contributed by atoms with Gasteiger partial charge in [0.25, 0.3) is 6.71 Å². The van der Waals surface area contributed by atoms with E-state index in [9.17, 15) is 0 Å². The van der Waals surface area contributed by atoms with Crippen LogP contribution in [0.25, 0.3) is 66.1 Å². The molecular weight excluding hydrogens is 483 g/mol. The van der Waals surface area contributed by atoms with Crippen LogP contribution in [-0.4, -0.2) is 15.8 Å². The lowest BCUT2D eigenvalue weighted by atomic mass is 9.34. The highest BCUT2D eigenvalue weighted by Crippen LogP contribution is 2.41. The van der Waals surface area contributed by atoms with Gasteiger partial charge in [-0.3, -0.25) is 0 Å². The maximum Gasteiger partial charge on any atom is 0.252 e. The summed E-state index contributed by atoms with van der Waals surface area (Å²) < 4.78 is 5.10. The van der Waals surface area contributed by atoms with Gasteiger partial charge in [0.2, 0.25) is 0 Å². The maximum atomic E-state index is 2.55. The van der Waals surface area contributed by atoms with Crippen molar-refractivity contribution in [2.45, 2.75) is 6.92 Å². The average Bonchev–Trinajstić information content (AvgIpc) is 3.54. The van der Waals surface area contributed by atoms with Gasteiger partial charge in [-0.15, -0.1) is 0 Å². The standard InChI is InChI=1S/C37H23BN2/c1-22-20-33-35-37-34(22)27-13-6-8-17-31(27)39(37)32-19-18-24(23-10-3-2-4-11-23)21-29(32)38(35)28-15-9-14-26-25-12-5-7-16-30(25)40(33)36(26)28/h2-21H,1H3. The first kappa shape index (κ1) is 20.9. The van der Waals surface area contributed by atoms with Crippen molar-refractivity contribution in [1.29, 1.82) is 0 Å². The highest BCUT2D eigenvalue weighted by Gasteiger charge is 2.41. The molecule has 0 fully saturated rings. The first-order valence-electron chi connectivity index (χ1n) is 14.1. The summed E-state index contributed by atoms with van der Waals surface area (Å²) in [5, 5.41) is 5.37. The summed E-state index contributed by atoms with van der Waals surface area (Å²) in [4.78, 5) is 0. The average molecular weight is 506 g/mol. The number of benzene rings is 6. The predicted molar refractivity (Wildman–Crippen MR) is 170 cm³/mol. The van der Waals surface area contributed by atoms with E-state index in [1.54, 1.807) is 0 Å². The van der Waals surface area contributed by atoms with E-state index in [-0.39, 0.29) is 6.71 Å². The molecule has 2 aliphatic rings. The molecule has 6 aromatic carbocycles. The zero-order chi connectivity index (χ0) is 26.1. The largest absolute Gasteiger partial charge is 0.310 e. The molecule has 0 saturated carbocycles. The molecule has 0 radical (unpaired) electrons. The molecule has 184 valence electrons. The third-order valence-electron chi connectivity index (χ3n) is 9.41. The van der Waals surface area contributed by atoms with E-state index in [0.717, 1.165) is 0 Å². The smallest absolute Gasteiger partial charge is 0.252 e. The molecule has 8 aromatic rings. The Labute approximate surface area is 231 Å². The van der Waals surface area contributed by atoms with Gasteiger partial charge >= 0.3 is 0 Å². The van der Waals surface area contributed by atoms with Crippen LogP contribution >= 0.6 is 0 Å². The van der Waals surface area contributed by atoms with Crippen molar-refractivity contribution >= 4 is 66.7 Å². The second-order valence-electron chi connectivity index (χ2n) is 11.4. The minimum atomic E-state index is 0.161. The highest BCUT2D eigenvalue weighted by molar-refractivity contribution is 7.00. The first-order chi connectivity index (χ1) is 19.8. The zero-order valence-electron chi connectivity index (χ0n) is 22.0. The summed E-state index contributed by atoms with van der Waals surface area (Å²) in [7, 11) is 0. The Balaban J connectivity index is 1.47. The lowest BCUT2D eigenvalue weighted by Gasteiger charge is -2.34. The normalized spacial score (nSPS) is 13.1. The topological polar surface area (TPSA) is 9.86 Å². The summed E-state index contributed by atoms with van der Waals surface area (Å²) in [5.74, 6) is 0. The van der Waals surface area contributed by atoms with E-state index < -0.39 is 0 Å². The first-order valence-corrected chi connectivity index (χ1v) is 14.1. The number of nitrogens with zero attached hydrogens (tertiary/aromatic N) is 2.